The van der Waals surface area contributed by atoms with Gasteiger partial charge in [0.2, 0.25) is 5.90 Å². The number of thiazole rings is 1. The van der Waals surface area contributed by atoms with Crippen LogP contribution >= 0.6 is 11.3 Å². The lowest BCUT2D eigenvalue weighted by Crippen LogP contribution is -2.48. The van der Waals surface area contributed by atoms with Gasteiger partial charge in [-0.1, -0.05) is 36.9 Å². The summed E-state index contributed by atoms with van der Waals surface area (Å²) >= 11 is 1.62. The standard InChI is InChI=1S/C31H33N5O2S/c1-19-14-27(38-30(34-19)31(3,32)17-21-8-5-4-6-9-21)23-15-24(22-11-12-22)35-25(16-23)29(37)36-13-7-10-26(36)28-33-20(2)18-39-28/h4-6,8-9,14-16,18,22,26H,1,7,10-13,17,32H2,2-3H3. The van der Waals surface area contributed by atoms with Crippen LogP contribution in [0.25, 0.3) is 5.76 Å². The van der Waals surface area contributed by atoms with Crippen molar-refractivity contribution in [3.63, 3.8) is 0 Å². The molecule has 2 aromatic heterocycles. The van der Waals surface area contributed by atoms with Crippen LogP contribution in [-0.2, 0) is 11.2 Å². The molecule has 2 atom stereocenters. The fourth-order valence-electron chi connectivity index (χ4n) is 5.28. The monoisotopic (exact) mass is 539 g/mol. The number of likely N-dealkylation sites (tertiary alicyclic amines) is 1. The first-order valence-corrected chi connectivity index (χ1v) is 14.4. The van der Waals surface area contributed by atoms with E-state index < -0.39 is 5.54 Å². The van der Waals surface area contributed by atoms with E-state index in [1.165, 1.54) is 0 Å². The number of benzene rings is 1. The third-order valence-electron chi connectivity index (χ3n) is 7.43. The van der Waals surface area contributed by atoms with E-state index in [9.17, 15) is 4.79 Å². The van der Waals surface area contributed by atoms with E-state index in [-0.39, 0.29) is 11.9 Å². The van der Waals surface area contributed by atoms with Crippen LogP contribution in [0.5, 0.6) is 0 Å². The summed E-state index contributed by atoms with van der Waals surface area (Å²) < 4.78 is 6.35. The number of carbonyl (C=O) groups is 1. The molecular formula is C31H33N5O2S. The highest BCUT2D eigenvalue weighted by Gasteiger charge is 2.36. The molecule has 2 unspecified atom stereocenters. The van der Waals surface area contributed by atoms with Crippen LogP contribution in [0.4, 0.5) is 0 Å². The molecule has 0 radical (unpaired) electrons. The van der Waals surface area contributed by atoms with Crippen molar-refractivity contribution in [3.8, 4) is 0 Å². The maximum absolute atomic E-state index is 13.9. The summed E-state index contributed by atoms with van der Waals surface area (Å²) in [5.41, 5.74) is 10.7. The second-order valence-electron chi connectivity index (χ2n) is 11.0. The molecule has 1 saturated heterocycles. The van der Waals surface area contributed by atoms with Crippen LogP contribution < -0.4 is 5.73 Å². The Morgan fingerprint density at radius 3 is 2.72 bits per heavy atom. The topological polar surface area (TPSA) is 93.7 Å². The molecule has 2 N–H and O–H groups in total. The molecule has 8 heteroatoms. The highest BCUT2D eigenvalue weighted by molar-refractivity contribution is 7.09. The number of aromatic nitrogens is 2. The summed E-state index contributed by atoms with van der Waals surface area (Å²) in [6.07, 6.45) is 6.39. The van der Waals surface area contributed by atoms with Crippen molar-refractivity contribution in [1.82, 2.24) is 14.9 Å². The van der Waals surface area contributed by atoms with Crippen molar-refractivity contribution in [2.75, 3.05) is 6.54 Å². The van der Waals surface area contributed by atoms with Gasteiger partial charge in [0.25, 0.3) is 5.91 Å². The van der Waals surface area contributed by atoms with Crippen LogP contribution in [0.2, 0.25) is 0 Å². The molecule has 1 aromatic carbocycles. The lowest BCUT2D eigenvalue weighted by atomic mass is 9.93. The number of pyridine rings is 1. The van der Waals surface area contributed by atoms with Crippen molar-refractivity contribution in [2.45, 2.75) is 63.5 Å². The zero-order chi connectivity index (χ0) is 27.1. The Bertz CT molecular complexity index is 1490. The van der Waals surface area contributed by atoms with Crippen molar-refractivity contribution in [1.29, 1.82) is 0 Å². The summed E-state index contributed by atoms with van der Waals surface area (Å²) in [4.78, 5) is 29.9. The molecule has 1 amide bonds. The third-order valence-corrected chi connectivity index (χ3v) is 8.50. The quantitative estimate of drug-likeness (QED) is 0.401. The van der Waals surface area contributed by atoms with E-state index in [4.69, 9.17) is 15.5 Å². The summed E-state index contributed by atoms with van der Waals surface area (Å²) in [6, 6.07) is 13.9. The van der Waals surface area contributed by atoms with Gasteiger partial charge < -0.3 is 15.4 Å². The van der Waals surface area contributed by atoms with Gasteiger partial charge in [-0.25, -0.2) is 15.0 Å². The van der Waals surface area contributed by atoms with E-state index >= 15 is 0 Å². The fourth-order valence-corrected chi connectivity index (χ4v) is 6.23. The van der Waals surface area contributed by atoms with Gasteiger partial charge in [0, 0.05) is 40.9 Å². The minimum absolute atomic E-state index is 0.00868. The van der Waals surface area contributed by atoms with Gasteiger partial charge in [0.1, 0.15) is 16.5 Å². The molecule has 2 fully saturated rings. The second kappa shape index (κ2) is 10.2. The first-order chi connectivity index (χ1) is 18.8. The summed E-state index contributed by atoms with van der Waals surface area (Å²) in [6.45, 7) is 8.71. The smallest absolute Gasteiger partial charge is 0.273 e. The van der Waals surface area contributed by atoms with E-state index in [0.717, 1.165) is 53.2 Å². The largest absolute Gasteiger partial charge is 0.440 e. The van der Waals surface area contributed by atoms with Gasteiger partial charge in [-0.15, -0.1) is 11.3 Å². The van der Waals surface area contributed by atoms with Gasteiger partial charge >= 0.3 is 0 Å². The molecule has 3 aliphatic rings. The lowest BCUT2D eigenvalue weighted by Gasteiger charge is -2.29. The molecule has 3 aromatic rings. The molecule has 7 nitrogen and oxygen atoms in total. The SMILES string of the molecule is C=C1C=C(c2cc(C(=O)N3CCCC3c3nc(C)cs3)nc(C3CC3)c2)OC(C(C)(N)Cc2ccccc2)=N1. The van der Waals surface area contributed by atoms with Crippen LogP contribution in [0.3, 0.4) is 0 Å². The molecule has 39 heavy (non-hydrogen) atoms. The molecule has 4 heterocycles. The van der Waals surface area contributed by atoms with E-state index in [0.29, 0.717) is 41.9 Å². The Morgan fingerprint density at radius 2 is 2.00 bits per heavy atom. The predicted octanol–water partition coefficient (Wildman–Crippen LogP) is 5.94. The number of allylic oxidation sites excluding steroid dienone is 1. The minimum Gasteiger partial charge on any atom is -0.440 e. The van der Waals surface area contributed by atoms with Gasteiger partial charge in [0.15, 0.2) is 0 Å². The minimum atomic E-state index is -0.844. The number of nitrogens with zero attached hydrogens (tertiary/aromatic N) is 4. The van der Waals surface area contributed by atoms with E-state index in [2.05, 4.69) is 16.6 Å². The van der Waals surface area contributed by atoms with Crippen molar-refractivity contribution in [3.05, 3.63) is 99.4 Å². The Kier molecular flexibility index (Phi) is 6.69. The Balaban J connectivity index is 1.29. The summed E-state index contributed by atoms with van der Waals surface area (Å²) in [5.74, 6) is 1.30. The van der Waals surface area contributed by atoms with Crippen LogP contribution in [0.15, 0.2) is 71.2 Å². The molecule has 1 saturated carbocycles. The number of nitrogens with two attached hydrogens (primary N) is 1. The number of amides is 1. The number of aliphatic imine (C=N–C) groups is 1. The fraction of sp³-hybridized carbons (Fsp3) is 0.355. The van der Waals surface area contributed by atoms with E-state index in [1.54, 1.807) is 17.4 Å². The average Bonchev–Trinajstić information content (AvgIpc) is 3.51. The zero-order valence-electron chi connectivity index (χ0n) is 22.4. The zero-order valence-corrected chi connectivity index (χ0v) is 23.2. The molecule has 2 aliphatic heterocycles. The van der Waals surface area contributed by atoms with Gasteiger partial charge in [-0.2, -0.15) is 0 Å². The number of aryl methyl sites for hydroxylation is 1. The van der Waals surface area contributed by atoms with Crippen molar-refractivity contribution in [2.24, 2.45) is 10.7 Å². The van der Waals surface area contributed by atoms with Gasteiger partial charge in [-0.3, -0.25) is 4.79 Å². The molecule has 6 rings (SSSR count). The van der Waals surface area contributed by atoms with Crippen LogP contribution in [0, 0.1) is 6.92 Å². The Hall–Kier alpha value is -3.62. The van der Waals surface area contributed by atoms with Crippen molar-refractivity contribution < 1.29 is 9.53 Å². The first kappa shape index (κ1) is 25.6. The van der Waals surface area contributed by atoms with Crippen molar-refractivity contribution >= 4 is 28.9 Å². The predicted molar refractivity (Wildman–Crippen MR) is 154 cm³/mol. The number of hydrogen-bond donors (Lipinski definition) is 1. The summed E-state index contributed by atoms with van der Waals surface area (Å²) in [7, 11) is 0. The third kappa shape index (κ3) is 5.44. The maximum Gasteiger partial charge on any atom is 0.273 e. The summed E-state index contributed by atoms with van der Waals surface area (Å²) in [5, 5.41) is 3.04. The normalized spacial score (nSPS) is 20.7. The van der Waals surface area contributed by atoms with Gasteiger partial charge in [-0.05, 0) is 63.6 Å². The van der Waals surface area contributed by atoms with Gasteiger partial charge in [0.05, 0.1) is 17.3 Å². The average molecular weight is 540 g/mol. The molecule has 0 spiro atoms. The molecule has 200 valence electrons. The Morgan fingerprint density at radius 1 is 1.21 bits per heavy atom. The number of rotatable bonds is 7. The van der Waals surface area contributed by atoms with Crippen LogP contribution in [-0.4, -0.2) is 38.8 Å². The first-order valence-electron chi connectivity index (χ1n) is 13.5. The number of hydrogen-bond acceptors (Lipinski definition) is 7. The second-order valence-corrected chi connectivity index (χ2v) is 11.9. The number of carbonyl (C=O) groups excluding carboxylic acids is 1. The number of ether oxygens (including phenoxy) is 1. The van der Waals surface area contributed by atoms with Crippen LogP contribution in [0.1, 0.15) is 82.6 Å². The highest BCUT2D eigenvalue weighted by Crippen LogP contribution is 2.41. The molecule has 0 bridgehead atoms. The molecule has 1 aliphatic carbocycles. The highest BCUT2D eigenvalue weighted by atomic mass is 32.1. The lowest BCUT2D eigenvalue weighted by molar-refractivity contribution is 0.0729. The Labute approximate surface area is 233 Å². The molecular weight excluding hydrogens is 506 g/mol. The maximum atomic E-state index is 13.9. The van der Waals surface area contributed by atoms with E-state index in [1.807, 2.05) is 66.6 Å².